The average Bonchev–Trinajstić information content (AvgIpc) is 3.13. The molecule has 1 heterocycles. The van der Waals surface area contributed by atoms with Gasteiger partial charge in [0.2, 0.25) is 0 Å². The fraction of sp³-hybridized carbons (Fsp3) is 0.350. The lowest BCUT2D eigenvalue weighted by Gasteiger charge is -2.33. The third-order valence-electron chi connectivity index (χ3n) is 4.89. The molecule has 1 fully saturated rings. The average molecular weight is 410 g/mol. The van der Waals surface area contributed by atoms with Crippen LogP contribution in [-0.2, 0) is 4.79 Å². The highest BCUT2D eigenvalue weighted by Gasteiger charge is 2.37. The normalized spacial score (nSPS) is 18.3. The smallest absolute Gasteiger partial charge is 0.320 e. The minimum Gasteiger partial charge on any atom is -0.493 e. The Morgan fingerprint density at radius 2 is 1.89 bits per heavy atom. The van der Waals surface area contributed by atoms with E-state index in [1.807, 2.05) is 29.2 Å². The molecular weight excluding hydrogens is 389 g/mol. The molecule has 2 atom stereocenters. The molecule has 0 aliphatic carbocycles. The number of methoxy groups -OCH3 is 2. The lowest BCUT2D eigenvalue weighted by molar-refractivity contribution is -0.142. The van der Waals surface area contributed by atoms with Crippen molar-refractivity contribution in [2.24, 2.45) is 0 Å². The standard InChI is InChI=1S/C20H21Cl2NO4/c1-26-17-8-5-12(10-18(17)27-2)19(14-7-6-13(21)11-15(14)22)23-9-3-4-16(23)20(24)25/h5-8,10-11,16,19H,3-4,9H2,1-2H3,(H,24,25). The monoisotopic (exact) mass is 409 g/mol. The van der Waals surface area contributed by atoms with Crippen molar-refractivity contribution >= 4 is 29.2 Å². The molecule has 7 heteroatoms. The first kappa shape index (κ1) is 19.8. The van der Waals surface area contributed by atoms with Crippen LogP contribution < -0.4 is 9.47 Å². The summed E-state index contributed by atoms with van der Waals surface area (Å²) >= 11 is 12.6. The first-order valence-corrected chi connectivity index (χ1v) is 9.37. The van der Waals surface area contributed by atoms with Gasteiger partial charge in [0.1, 0.15) is 6.04 Å². The van der Waals surface area contributed by atoms with Crippen LogP contribution >= 0.6 is 23.2 Å². The zero-order valence-electron chi connectivity index (χ0n) is 15.1. The van der Waals surface area contributed by atoms with Gasteiger partial charge in [-0.05, 0) is 48.2 Å². The zero-order chi connectivity index (χ0) is 19.6. The van der Waals surface area contributed by atoms with E-state index in [-0.39, 0.29) is 6.04 Å². The highest BCUT2D eigenvalue weighted by atomic mass is 35.5. The fourth-order valence-electron chi connectivity index (χ4n) is 3.66. The van der Waals surface area contributed by atoms with Crippen LogP contribution in [0.1, 0.15) is 30.0 Å². The zero-order valence-corrected chi connectivity index (χ0v) is 16.6. The number of halogens is 2. The molecule has 27 heavy (non-hydrogen) atoms. The Morgan fingerprint density at radius 3 is 2.52 bits per heavy atom. The van der Waals surface area contributed by atoms with Gasteiger partial charge in [0, 0.05) is 16.6 Å². The molecule has 0 aromatic heterocycles. The number of ether oxygens (including phenoxy) is 2. The Balaban J connectivity index is 2.14. The summed E-state index contributed by atoms with van der Waals surface area (Å²) < 4.78 is 10.8. The highest BCUT2D eigenvalue weighted by molar-refractivity contribution is 6.35. The van der Waals surface area contributed by atoms with Gasteiger partial charge in [0.05, 0.1) is 20.3 Å². The number of hydrogen-bond acceptors (Lipinski definition) is 4. The molecule has 1 aliphatic heterocycles. The first-order valence-electron chi connectivity index (χ1n) is 8.61. The van der Waals surface area contributed by atoms with Gasteiger partial charge in [-0.1, -0.05) is 35.3 Å². The van der Waals surface area contributed by atoms with Crippen molar-refractivity contribution in [1.29, 1.82) is 0 Å². The molecular formula is C20H21Cl2NO4. The van der Waals surface area contributed by atoms with E-state index in [2.05, 4.69) is 0 Å². The van der Waals surface area contributed by atoms with E-state index in [1.54, 1.807) is 26.4 Å². The number of carboxylic acid groups (broad SMARTS) is 1. The molecule has 0 saturated carbocycles. The van der Waals surface area contributed by atoms with Crippen molar-refractivity contribution < 1.29 is 19.4 Å². The molecule has 5 nitrogen and oxygen atoms in total. The Morgan fingerprint density at radius 1 is 1.15 bits per heavy atom. The number of rotatable bonds is 6. The Hall–Kier alpha value is -1.95. The first-order chi connectivity index (χ1) is 13.0. The number of aliphatic carboxylic acids is 1. The van der Waals surface area contributed by atoms with Gasteiger partial charge >= 0.3 is 5.97 Å². The summed E-state index contributed by atoms with van der Waals surface area (Å²) in [5.74, 6) is 0.359. The second-order valence-corrected chi connectivity index (χ2v) is 7.26. The van der Waals surface area contributed by atoms with Gasteiger partial charge in [-0.25, -0.2) is 0 Å². The topological polar surface area (TPSA) is 59.0 Å². The maximum absolute atomic E-state index is 11.8. The van der Waals surface area contributed by atoms with Crippen LogP contribution in [0.4, 0.5) is 0 Å². The maximum atomic E-state index is 11.8. The summed E-state index contributed by atoms with van der Waals surface area (Å²) in [6.07, 6.45) is 1.41. The van der Waals surface area contributed by atoms with Crippen LogP contribution in [0.2, 0.25) is 10.0 Å². The van der Waals surface area contributed by atoms with Crippen molar-refractivity contribution in [3.63, 3.8) is 0 Å². The van der Waals surface area contributed by atoms with Gasteiger partial charge in [0.25, 0.3) is 0 Å². The summed E-state index contributed by atoms with van der Waals surface area (Å²) in [7, 11) is 3.15. The largest absolute Gasteiger partial charge is 0.493 e. The Labute approximate surface area is 168 Å². The van der Waals surface area contributed by atoms with E-state index in [1.165, 1.54) is 0 Å². The van der Waals surface area contributed by atoms with Crippen LogP contribution in [0.5, 0.6) is 11.5 Å². The molecule has 0 bridgehead atoms. The lowest BCUT2D eigenvalue weighted by Crippen LogP contribution is -2.39. The van der Waals surface area contributed by atoms with E-state index >= 15 is 0 Å². The van der Waals surface area contributed by atoms with Crippen molar-refractivity contribution in [3.05, 3.63) is 57.6 Å². The van der Waals surface area contributed by atoms with Gasteiger partial charge < -0.3 is 14.6 Å². The molecule has 1 aliphatic rings. The summed E-state index contributed by atoms with van der Waals surface area (Å²) in [6.45, 7) is 0.662. The molecule has 1 saturated heterocycles. The van der Waals surface area contributed by atoms with E-state index in [0.29, 0.717) is 34.5 Å². The number of likely N-dealkylation sites (tertiary alicyclic amines) is 1. The second kappa shape index (κ2) is 8.38. The minimum absolute atomic E-state index is 0.335. The Bertz CT molecular complexity index is 843. The van der Waals surface area contributed by atoms with Crippen molar-refractivity contribution in [2.75, 3.05) is 20.8 Å². The van der Waals surface area contributed by atoms with E-state index in [9.17, 15) is 9.90 Å². The number of carboxylic acids is 1. The number of nitrogens with zero attached hydrogens (tertiary/aromatic N) is 1. The minimum atomic E-state index is -0.830. The quantitative estimate of drug-likeness (QED) is 0.752. The van der Waals surface area contributed by atoms with Gasteiger partial charge in [-0.3, -0.25) is 9.69 Å². The van der Waals surface area contributed by atoms with Crippen LogP contribution in [0.25, 0.3) is 0 Å². The van der Waals surface area contributed by atoms with Crippen LogP contribution in [0.3, 0.4) is 0 Å². The molecule has 2 aromatic carbocycles. The molecule has 1 N–H and O–H groups in total. The SMILES string of the molecule is COc1ccc(C(c2ccc(Cl)cc2Cl)N2CCCC2C(=O)O)cc1OC. The predicted octanol–water partition coefficient (Wildman–Crippen LogP) is 4.65. The summed E-state index contributed by atoms with van der Waals surface area (Å²) in [4.78, 5) is 13.8. The Kier molecular flexibility index (Phi) is 6.15. The number of hydrogen-bond donors (Lipinski definition) is 1. The van der Waals surface area contributed by atoms with E-state index in [4.69, 9.17) is 32.7 Å². The molecule has 3 rings (SSSR count). The van der Waals surface area contributed by atoms with Gasteiger partial charge in [0.15, 0.2) is 11.5 Å². The number of carbonyl (C=O) groups is 1. The van der Waals surface area contributed by atoms with Gasteiger partial charge in [-0.2, -0.15) is 0 Å². The summed E-state index contributed by atoms with van der Waals surface area (Å²) in [5.41, 5.74) is 1.69. The van der Waals surface area contributed by atoms with Crippen LogP contribution in [0.15, 0.2) is 36.4 Å². The maximum Gasteiger partial charge on any atom is 0.320 e. The molecule has 2 unspecified atom stereocenters. The van der Waals surface area contributed by atoms with Crippen molar-refractivity contribution in [1.82, 2.24) is 4.90 Å². The van der Waals surface area contributed by atoms with Crippen molar-refractivity contribution in [3.8, 4) is 11.5 Å². The van der Waals surface area contributed by atoms with Crippen LogP contribution in [-0.4, -0.2) is 42.8 Å². The highest BCUT2D eigenvalue weighted by Crippen LogP contribution is 2.41. The third-order valence-corrected chi connectivity index (χ3v) is 5.45. The van der Waals surface area contributed by atoms with Gasteiger partial charge in [-0.15, -0.1) is 0 Å². The molecule has 0 amide bonds. The van der Waals surface area contributed by atoms with Crippen molar-refractivity contribution in [2.45, 2.75) is 24.9 Å². The molecule has 0 radical (unpaired) electrons. The lowest BCUT2D eigenvalue weighted by atomic mass is 9.95. The summed E-state index contributed by atoms with van der Waals surface area (Å²) in [5, 5.41) is 10.7. The molecule has 2 aromatic rings. The van der Waals surface area contributed by atoms with E-state index in [0.717, 1.165) is 17.5 Å². The molecule has 144 valence electrons. The third kappa shape index (κ3) is 4.00. The summed E-state index contributed by atoms with van der Waals surface area (Å²) in [6, 6.07) is 9.98. The predicted molar refractivity (Wildman–Crippen MR) is 105 cm³/mol. The van der Waals surface area contributed by atoms with Crippen LogP contribution in [0, 0.1) is 0 Å². The fourth-order valence-corrected chi connectivity index (χ4v) is 4.17. The van der Waals surface area contributed by atoms with E-state index < -0.39 is 12.0 Å². The molecule has 0 spiro atoms. The second-order valence-electron chi connectivity index (χ2n) is 6.42. The number of benzene rings is 2.